The minimum atomic E-state index is -1.58. The van der Waals surface area contributed by atoms with Gasteiger partial charge in [-0.05, 0) is 18.2 Å². The molecule has 0 atom stereocenters. The van der Waals surface area contributed by atoms with E-state index in [9.17, 15) is 14.4 Å². The van der Waals surface area contributed by atoms with Crippen molar-refractivity contribution in [3.8, 4) is 5.69 Å². The van der Waals surface area contributed by atoms with Crippen LogP contribution < -0.4 is 16.8 Å². The van der Waals surface area contributed by atoms with Crippen LogP contribution in [-0.4, -0.2) is 33.5 Å². The Morgan fingerprint density at radius 3 is 2.50 bits per heavy atom. The standard InChI is InChI=1S/C13H12ClN5O3/c14-8-2-1-3-9(4-8)19-6-7(5-17-19)13(22)18-10(11(15)20)12(16)21/h1-6,10H,(H2,15,20)(H2,16,21)(H,18,22). The number of nitrogens with zero attached hydrogens (tertiary/aromatic N) is 2. The number of carbonyl (C=O) groups excluding carboxylic acids is 3. The van der Waals surface area contributed by atoms with Crippen LogP contribution >= 0.6 is 11.6 Å². The van der Waals surface area contributed by atoms with Crippen LogP contribution in [0.4, 0.5) is 0 Å². The second kappa shape index (κ2) is 6.27. The fraction of sp³-hybridized carbons (Fsp3) is 0.0769. The second-order valence-corrected chi connectivity index (χ2v) is 4.80. The van der Waals surface area contributed by atoms with E-state index in [2.05, 4.69) is 10.4 Å². The smallest absolute Gasteiger partial charge is 0.255 e. The summed E-state index contributed by atoms with van der Waals surface area (Å²) < 4.78 is 1.42. The number of amides is 3. The normalized spacial score (nSPS) is 10.5. The number of benzene rings is 1. The first kappa shape index (κ1) is 15.5. The molecule has 0 bridgehead atoms. The summed E-state index contributed by atoms with van der Waals surface area (Å²) in [6.07, 6.45) is 2.69. The molecule has 1 aromatic heterocycles. The molecule has 0 aliphatic rings. The number of aromatic nitrogens is 2. The number of halogens is 1. The van der Waals surface area contributed by atoms with Crippen molar-refractivity contribution in [3.63, 3.8) is 0 Å². The highest BCUT2D eigenvalue weighted by atomic mass is 35.5. The van der Waals surface area contributed by atoms with E-state index in [0.717, 1.165) is 0 Å². The largest absolute Gasteiger partial charge is 0.367 e. The molecule has 2 rings (SSSR count). The quantitative estimate of drug-likeness (QED) is 0.646. The maximum absolute atomic E-state index is 12.0. The third kappa shape index (κ3) is 3.41. The summed E-state index contributed by atoms with van der Waals surface area (Å²) in [4.78, 5) is 34.1. The summed E-state index contributed by atoms with van der Waals surface area (Å²) in [5, 5.41) is 6.67. The van der Waals surface area contributed by atoms with Crippen LogP contribution in [-0.2, 0) is 9.59 Å². The zero-order chi connectivity index (χ0) is 16.3. The van der Waals surface area contributed by atoms with E-state index < -0.39 is 23.8 Å². The maximum Gasteiger partial charge on any atom is 0.255 e. The fourth-order valence-electron chi connectivity index (χ4n) is 1.70. The van der Waals surface area contributed by atoms with Gasteiger partial charge in [0.15, 0.2) is 6.04 Å². The van der Waals surface area contributed by atoms with E-state index in [4.69, 9.17) is 23.1 Å². The first-order valence-electron chi connectivity index (χ1n) is 6.08. The van der Waals surface area contributed by atoms with Crippen molar-refractivity contribution in [1.82, 2.24) is 15.1 Å². The average Bonchev–Trinajstić information content (AvgIpc) is 2.93. The van der Waals surface area contributed by atoms with Gasteiger partial charge in [-0.25, -0.2) is 4.68 Å². The molecule has 22 heavy (non-hydrogen) atoms. The van der Waals surface area contributed by atoms with Crippen molar-refractivity contribution >= 4 is 29.3 Å². The van der Waals surface area contributed by atoms with E-state index in [1.807, 2.05) is 0 Å². The zero-order valence-electron chi connectivity index (χ0n) is 11.2. The molecule has 1 heterocycles. The molecular formula is C13H12ClN5O3. The molecule has 9 heteroatoms. The summed E-state index contributed by atoms with van der Waals surface area (Å²) in [6, 6.07) is 5.26. The lowest BCUT2D eigenvalue weighted by atomic mass is 10.2. The molecular weight excluding hydrogens is 310 g/mol. The Kier molecular flexibility index (Phi) is 4.42. The average molecular weight is 322 g/mol. The summed E-state index contributed by atoms with van der Waals surface area (Å²) in [7, 11) is 0. The van der Waals surface area contributed by atoms with Gasteiger partial charge in [0.05, 0.1) is 17.4 Å². The highest BCUT2D eigenvalue weighted by molar-refractivity contribution is 6.30. The highest BCUT2D eigenvalue weighted by Gasteiger charge is 2.24. The lowest BCUT2D eigenvalue weighted by molar-refractivity contribution is -0.128. The predicted molar refractivity (Wildman–Crippen MR) is 78.2 cm³/mol. The Bertz CT molecular complexity index is 729. The lowest BCUT2D eigenvalue weighted by Gasteiger charge is -2.10. The number of hydrogen-bond acceptors (Lipinski definition) is 4. The summed E-state index contributed by atoms with van der Waals surface area (Å²) in [6.45, 7) is 0. The zero-order valence-corrected chi connectivity index (χ0v) is 11.9. The molecule has 114 valence electrons. The molecule has 0 saturated heterocycles. The molecule has 0 saturated carbocycles. The second-order valence-electron chi connectivity index (χ2n) is 4.36. The minimum absolute atomic E-state index is 0.132. The van der Waals surface area contributed by atoms with Crippen LogP contribution in [0.25, 0.3) is 5.69 Å². The first-order chi connectivity index (χ1) is 10.4. The Morgan fingerprint density at radius 2 is 1.91 bits per heavy atom. The molecule has 0 aliphatic heterocycles. The monoisotopic (exact) mass is 321 g/mol. The molecule has 5 N–H and O–H groups in total. The van der Waals surface area contributed by atoms with Gasteiger partial charge in [0.25, 0.3) is 5.91 Å². The minimum Gasteiger partial charge on any atom is -0.367 e. The fourth-order valence-corrected chi connectivity index (χ4v) is 1.88. The number of hydrogen-bond donors (Lipinski definition) is 3. The van der Waals surface area contributed by atoms with Crippen molar-refractivity contribution in [2.24, 2.45) is 11.5 Å². The van der Waals surface area contributed by atoms with Crippen molar-refractivity contribution in [3.05, 3.63) is 47.2 Å². The molecule has 0 aliphatic carbocycles. The van der Waals surface area contributed by atoms with Crippen molar-refractivity contribution in [2.45, 2.75) is 6.04 Å². The van der Waals surface area contributed by atoms with Crippen LogP contribution in [0.5, 0.6) is 0 Å². The molecule has 2 aromatic rings. The highest BCUT2D eigenvalue weighted by Crippen LogP contribution is 2.14. The van der Waals surface area contributed by atoms with E-state index in [0.29, 0.717) is 10.7 Å². The van der Waals surface area contributed by atoms with Gasteiger partial charge in [0, 0.05) is 11.2 Å². The van der Waals surface area contributed by atoms with Crippen LogP contribution in [0.2, 0.25) is 5.02 Å². The number of rotatable bonds is 5. The third-order valence-electron chi connectivity index (χ3n) is 2.76. The summed E-state index contributed by atoms with van der Waals surface area (Å²) >= 11 is 5.88. The van der Waals surface area contributed by atoms with E-state index in [-0.39, 0.29) is 5.56 Å². The summed E-state index contributed by atoms with van der Waals surface area (Å²) in [5.41, 5.74) is 10.8. The van der Waals surface area contributed by atoms with Crippen LogP contribution in [0.3, 0.4) is 0 Å². The first-order valence-corrected chi connectivity index (χ1v) is 6.46. The number of carbonyl (C=O) groups is 3. The van der Waals surface area contributed by atoms with Crippen molar-refractivity contribution < 1.29 is 14.4 Å². The van der Waals surface area contributed by atoms with Gasteiger partial charge in [-0.3, -0.25) is 14.4 Å². The van der Waals surface area contributed by atoms with Gasteiger partial charge in [0.1, 0.15) is 0 Å². The van der Waals surface area contributed by atoms with Gasteiger partial charge < -0.3 is 16.8 Å². The van der Waals surface area contributed by atoms with E-state index >= 15 is 0 Å². The van der Waals surface area contributed by atoms with Gasteiger partial charge >= 0.3 is 0 Å². The third-order valence-corrected chi connectivity index (χ3v) is 3.00. The van der Waals surface area contributed by atoms with Crippen LogP contribution in [0, 0.1) is 0 Å². The molecule has 0 unspecified atom stereocenters. The Hall–Kier alpha value is -2.87. The summed E-state index contributed by atoms with van der Waals surface area (Å²) in [5.74, 6) is -2.78. The van der Waals surface area contributed by atoms with E-state index in [1.54, 1.807) is 24.3 Å². The van der Waals surface area contributed by atoms with Gasteiger partial charge in [-0.15, -0.1) is 0 Å². The van der Waals surface area contributed by atoms with Crippen LogP contribution in [0.1, 0.15) is 10.4 Å². The van der Waals surface area contributed by atoms with Gasteiger partial charge in [0.2, 0.25) is 11.8 Å². The van der Waals surface area contributed by atoms with Crippen molar-refractivity contribution in [1.29, 1.82) is 0 Å². The predicted octanol–water partition coefficient (Wildman–Crippen LogP) is -0.405. The Balaban J connectivity index is 2.19. The molecule has 8 nitrogen and oxygen atoms in total. The van der Waals surface area contributed by atoms with Crippen LogP contribution in [0.15, 0.2) is 36.7 Å². The molecule has 1 aromatic carbocycles. The number of primary amides is 2. The number of nitrogens with one attached hydrogen (secondary N) is 1. The Morgan fingerprint density at radius 1 is 1.23 bits per heavy atom. The molecule has 0 radical (unpaired) electrons. The maximum atomic E-state index is 12.0. The van der Waals surface area contributed by atoms with Gasteiger partial charge in [-0.1, -0.05) is 17.7 Å². The Labute approximate surface area is 130 Å². The lowest BCUT2D eigenvalue weighted by Crippen LogP contribution is -2.52. The molecule has 0 fully saturated rings. The molecule has 3 amide bonds. The number of nitrogens with two attached hydrogens (primary N) is 2. The SMILES string of the molecule is NC(=O)C(NC(=O)c1cnn(-c2cccc(Cl)c2)c1)C(N)=O. The molecule has 0 spiro atoms. The topological polar surface area (TPSA) is 133 Å². The van der Waals surface area contributed by atoms with Crippen molar-refractivity contribution in [2.75, 3.05) is 0 Å². The van der Waals surface area contributed by atoms with Gasteiger partial charge in [-0.2, -0.15) is 5.10 Å². The van der Waals surface area contributed by atoms with E-state index in [1.165, 1.54) is 17.1 Å².